The van der Waals surface area contributed by atoms with Crippen LogP contribution in [0.25, 0.3) is 0 Å². The summed E-state index contributed by atoms with van der Waals surface area (Å²) in [6.45, 7) is 5.44. The summed E-state index contributed by atoms with van der Waals surface area (Å²) in [5.74, 6) is -3.49. The molecule has 0 aromatic carbocycles. The first-order chi connectivity index (χ1) is 8.12. The molecule has 2 fully saturated rings. The van der Waals surface area contributed by atoms with Crippen molar-refractivity contribution in [3.63, 3.8) is 0 Å². The van der Waals surface area contributed by atoms with Gasteiger partial charge in [0.2, 0.25) is 5.92 Å². The number of Topliss-reactive ketones (excluding diaryl/α,β-unsaturated/α-hetero) is 1. The summed E-state index contributed by atoms with van der Waals surface area (Å²) in [7, 11) is 0. The number of nitriles is 1. The van der Waals surface area contributed by atoms with Gasteiger partial charge in [-0.1, -0.05) is 20.8 Å². The predicted molar refractivity (Wildman–Crippen MR) is 62.9 cm³/mol. The first kappa shape index (κ1) is 13.5. The number of alkyl halides is 2. The van der Waals surface area contributed by atoms with Crippen molar-refractivity contribution in [3.05, 3.63) is 0 Å². The number of hydrogen-bond donors (Lipinski definition) is 0. The van der Waals surface area contributed by atoms with E-state index in [1.807, 2.05) is 26.8 Å². The van der Waals surface area contributed by atoms with Crippen LogP contribution in [0.4, 0.5) is 8.78 Å². The van der Waals surface area contributed by atoms with Gasteiger partial charge in [-0.25, -0.2) is 8.78 Å². The maximum Gasteiger partial charge on any atom is 0.248 e. The Labute approximate surface area is 106 Å². The Morgan fingerprint density at radius 2 is 1.94 bits per heavy atom. The molecule has 3 atom stereocenters. The molecule has 2 nitrogen and oxygen atoms in total. The number of nitrogens with zero attached hydrogens (tertiary/aromatic N) is 1. The number of halogens is 2. The van der Waals surface area contributed by atoms with E-state index in [1.165, 1.54) is 0 Å². The molecule has 0 spiro atoms. The molecule has 0 bridgehead atoms. The molecule has 18 heavy (non-hydrogen) atoms. The van der Waals surface area contributed by atoms with Crippen LogP contribution < -0.4 is 0 Å². The summed E-state index contributed by atoms with van der Waals surface area (Å²) < 4.78 is 27.3. The molecule has 2 saturated carbocycles. The molecule has 0 saturated heterocycles. The van der Waals surface area contributed by atoms with E-state index in [4.69, 9.17) is 5.26 Å². The average molecular weight is 255 g/mol. The fraction of sp³-hybridized carbons (Fsp3) is 0.857. The SMILES string of the molecule is CC1(C)C(=O)C(C#N)C[C@]2(C)CC(F)(F)CC[C@@H]12. The van der Waals surface area contributed by atoms with Gasteiger partial charge in [-0.05, 0) is 24.2 Å². The fourth-order valence-electron chi connectivity index (χ4n) is 4.24. The minimum Gasteiger partial charge on any atom is -0.298 e. The molecule has 0 N–H and O–H groups in total. The van der Waals surface area contributed by atoms with E-state index >= 15 is 0 Å². The molecule has 1 unspecified atom stereocenters. The average Bonchev–Trinajstić information content (AvgIpc) is 2.21. The Balaban J connectivity index is 2.40. The van der Waals surface area contributed by atoms with Gasteiger partial charge < -0.3 is 0 Å². The van der Waals surface area contributed by atoms with Crippen LogP contribution >= 0.6 is 0 Å². The number of rotatable bonds is 0. The van der Waals surface area contributed by atoms with Crippen molar-refractivity contribution in [1.29, 1.82) is 5.26 Å². The number of ketones is 1. The zero-order valence-electron chi connectivity index (χ0n) is 11.1. The van der Waals surface area contributed by atoms with Gasteiger partial charge >= 0.3 is 0 Å². The van der Waals surface area contributed by atoms with Gasteiger partial charge in [0.1, 0.15) is 5.92 Å². The molecular formula is C14H19F2NO. The normalized spacial score (nSPS) is 41.9. The molecule has 0 radical (unpaired) electrons. The highest BCUT2D eigenvalue weighted by Crippen LogP contribution is 2.60. The lowest BCUT2D eigenvalue weighted by atomic mass is 9.48. The van der Waals surface area contributed by atoms with Crippen molar-refractivity contribution >= 4 is 5.78 Å². The Bertz CT molecular complexity index is 424. The molecule has 0 aromatic rings. The van der Waals surface area contributed by atoms with E-state index in [9.17, 15) is 13.6 Å². The van der Waals surface area contributed by atoms with Crippen LogP contribution in [0.2, 0.25) is 0 Å². The van der Waals surface area contributed by atoms with Gasteiger partial charge in [0, 0.05) is 18.3 Å². The van der Waals surface area contributed by atoms with Crippen molar-refractivity contribution in [2.45, 2.75) is 52.4 Å². The topological polar surface area (TPSA) is 40.9 Å². The van der Waals surface area contributed by atoms with Gasteiger partial charge in [0.05, 0.1) is 6.07 Å². The summed E-state index contributed by atoms with van der Waals surface area (Å²) in [6.07, 6.45) is 0.327. The Morgan fingerprint density at radius 3 is 2.50 bits per heavy atom. The lowest BCUT2D eigenvalue weighted by Crippen LogP contribution is -2.55. The van der Waals surface area contributed by atoms with Gasteiger partial charge in [-0.15, -0.1) is 0 Å². The molecule has 2 aliphatic carbocycles. The van der Waals surface area contributed by atoms with E-state index in [0.29, 0.717) is 6.42 Å². The highest BCUT2D eigenvalue weighted by atomic mass is 19.3. The second-order valence-electron chi connectivity index (χ2n) is 6.75. The first-order valence-electron chi connectivity index (χ1n) is 6.44. The maximum absolute atomic E-state index is 13.6. The third kappa shape index (κ3) is 1.84. The number of hydrogen-bond acceptors (Lipinski definition) is 2. The van der Waals surface area contributed by atoms with Crippen LogP contribution in [0.5, 0.6) is 0 Å². The van der Waals surface area contributed by atoms with Crippen LogP contribution in [0, 0.1) is 34.0 Å². The van der Waals surface area contributed by atoms with E-state index in [-0.39, 0.29) is 31.0 Å². The van der Waals surface area contributed by atoms with E-state index in [0.717, 1.165) is 0 Å². The highest BCUT2D eigenvalue weighted by Gasteiger charge is 2.60. The Morgan fingerprint density at radius 1 is 1.33 bits per heavy atom. The highest BCUT2D eigenvalue weighted by molar-refractivity contribution is 5.89. The molecule has 0 amide bonds. The molecule has 4 heteroatoms. The zero-order valence-corrected chi connectivity index (χ0v) is 11.1. The molecular weight excluding hydrogens is 236 g/mol. The van der Waals surface area contributed by atoms with E-state index < -0.39 is 22.7 Å². The summed E-state index contributed by atoms with van der Waals surface area (Å²) in [6, 6.07) is 2.00. The van der Waals surface area contributed by atoms with E-state index in [1.54, 1.807) is 0 Å². The van der Waals surface area contributed by atoms with Crippen molar-refractivity contribution in [3.8, 4) is 6.07 Å². The molecule has 0 aliphatic heterocycles. The number of fused-ring (bicyclic) bond motifs is 1. The lowest BCUT2D eigenvalue weighted by molar-refractivity contribution is -0.167. The molecule has 2 rings (SSSR count). The molecule has 100 valence electrons. The summed E-state index contributed by atoms with van der Waals surface area (Å²) in [5, 5.41) is 9.07. The van der Waals surface area contributed by atoms with Crippen LogP contribution in [0.1, 0.15) is 46.5 Å². The number of carbonyl (C=O) groups excluding carboxylic acids is 1. The van der Waals surface area contributed by atoms with E-state index in [2.05, 4.69) is 0 Å². The Kier molecular flexibility index (Phi) is 2.81. The van der Waals surface area contributed by atoms with Gasteiger partial charge in [0.25, 0.3) is 0 Å². The third-order valence-electron chi connectivity index (χ3n) is 4.95. The van der Waals surface area contributed by atoms with Crippen LogP contribution in [-0.2, 0) is 4.79 Å². The lowest BCUT2D eigenvalue weighted by Gasteiger charge is -2.55. The van der Waals surface area contributed by atoms with Crippen molar-refractivity contribution in [1.82, 2.24) is 0 Å². The molecule has 0 aromatic heterocycles. The second-order valence-corrected chi connectivity index (χ2v) is 6.75. The maximum atomic E-state index is 13.6. The summed E-state index contributed by atoms with van der Waals surface area (Å²) in [5.41, 5.74) is -1.26. The monoisotopic (exact) mass is 255 g/mol. The minimum atomic E-state index is -2.65. The second kappa shape index (κ2) is 3.76. The van der Waals surface area contributed by atoms with Crippen molar-refractivity contribution in [2.75, 3.05) is 0 Å². The van der Waals surface area contributed by atoms with Crippen LogP contribution in [0.3, 0.4) is 0 Å². The largest absolute Gasteiger partial charge is 0.298 e. The third-order valence-corrected chi connectivity index (χ3v) is 4.95. The van der Waals surface area contributed by atoms with Gasteiger partial charge in [0.15, 0.2) is 5.78 Å². The van der Waals surface area contributed by atoms with Crippen LogP contribution in [-0.4, -0.2) is 11.7 Å². The summed E-state index contributed by atoms with van der Waals surface area (Å²) >= 11 is 0. The van der Waals surface area contributed by atoms with Gasteiger partial charge in [-0.2, -0.15) is 5.26 Å². The smallest absolute Gasteiger partial charge is 0.248 e. The summed E-state index contributed by atoms with van der Waals surface area (Å²) in [4.78, 5) is 12.2. The minimum absolute atomic E-state index is 0.0401. The zero-order chi connectivity index (χ0) is 13.8. The quantitative estimate of drug-likeness (QED) is 0.664. The first-order valence-corrected chi connectivity index (χ1v) is 6.44. The number of carbonyl (C=O) groups is 1. The van der Waals surface area contributed by atoms with Gasteiger partial charge in [-0.3, -0.25) is 4.79 Å². The fourth-order valence-corrected chi connectivity index (χ4v) is 4.24. The standard InChI is InChI=1S/C14H19F2NO/c1-12(2)10-4-5-14(15,16)8-13(10,3)6-9(7-17)11(12)18/h9-10H,4-6,8H2,1-3H3/t9?,10-,13+/m0/s1. The Hall–Kier alpha value is -0.980. The predicted octanol–water partition coefficient (Wildman–Crippen LogP) is 3.57. The molecule has 2 aliphatic rings. The van der Waals surface area contributed by atoms with Crippen molar-refractivity contribution in [2.24, 2.45) is 22.7 Å². The van der Waals surface area contributed by atoms with Crippen LogP contribution in [0.15, 0.2) is 0 Å². The molecule has 0 heterocycles. The van der Waals surface area contributed by atoms with Crippen molar-refractivity contribution < 1.29 is 13.6 Å².